The number of piperidine rings is 1. The van der Waals surface area contributed by atoms with Gasteiger partial charge in [-0.2, -0.15) is 0 Å². The minimum atomic E-state index is -0.215. The molecule has 7 heteroatoms. The van der Waals surface area contributed by atoms with E-state index in [-0.39, 0.29) is 17.9 Å². The molecule has 2 aliphatic rings. The summed E-state index contributed by atoms with van der Waals surface area (Å²) in [4.78, 5) is 27.3. The van der Waals surface area contributed by atoms with Crippen molar-refractivity contribution in [2.75, 3.05) is 31.0 Å². The van der Waals surface area contributed by atoms with Crippen molar-refractivity contribution in [1.29, 1.82) is 0 Å². The lowest BCUT2D eigenvalue weighted by Gasteiger charge is -2.41. The molecule has 1 unspecified atom stereocenters. The topological polar surface area (TPSA) is 79.9 Å². The molecule has 0 spiro atoms. The number of methoxy groups -OCH3 is 2. The van der Waals surface area contributed by atoms with Crippen LogP contribution in [0.2, 0.25) is 0 Å². The Bertz CT molecular complexity index is 944. The number of carbonyl (C=O) groups is 2. The fourth-order valence-electron chi connectivity index (χ4n) is 4.03. The highest BCUT2D eigenvalue weighted by Crippen LogP contribution is 2.36. The second kappa shape index (κ2) is 8.03. The van der Waals surface area contributed by atoms with Crippen LogP contribution in [0, 0.1) is 0 Å². The summed E-state index contributed by atoms with van der Waals surface area (Å²) in [6, 6.07) is 10.8. The Kier molecular flexibility index (Phi) is 5.29. The Morgan fingerprint density at radius 3 is 2.83 bits per heavy atom. The summed E-state index contributed by atoms with van der Waals surface area (Å²) in [5, 5.41) is 5.88. The van der Waals surface area contributed by atoms with Crippen LogP contribution < -0.4 is 25.0 Å². The maximum Gasteiger partial charge on any atom is 0.251 e. The molecule has 2 heterocycles. The fourth-order valence-corrected chi connectivity index (χ4v) is 4.03. The van der Waals surface area contributed by atoms with E-state index in [4.69, 9.17) is 9.47 Å². The van der Waals surface area contributed by atoms with E-state index in [2.05, 4.69) is 15.5 Å². The summed E-state index contributed by atoms with van der Waals surface area (Å²) in [6.07, 6.45) is 3.02. The van der Waals surface area contributed by atoms with Gasteiger partial charge >= 0.3 is 0 Å². The zero-order valence-corrected chi connectivity index (χ0v) is 16.7. The molecule has 152 valence electrons. The number of rotatable bonds is 5. The number of hydrogen-bond acceptors (Lipinski definition) is 5. The van der Waals surface area contributed by atoms with Crippen molar-refractivity contribution >= 4 is 23.2 Å². The second-order valence-electron chi connectivity index (χ2n) is 7.29. The molecule has 2 aromatic rings. The minimum Gasteiger partial charge on any atom is -0.497 e. The highest BCUT2D eigenvalue weighted by atomic mass is 16.5. The maximum absolute atomic E-state index is 12.7. The number of anilines is 2. The average molecular weight is 395 g/mol. The molecule has 0 aliphatic carbocycles. The molecular formula is C22H25N3O4. The van der Waals surface area contributed by atoms with Crippen LogP contribution in [0.4, 0.5) is 11.4 Å². The quantitative estimate of drug-likeness (QED) is 0.814. The predicted octanol–water partition coefficient (Wildman–Crippen LogP) is 2.94. The van der Waals surface area contributed by atoms with E-state index in [1.54, 1.807) is 26.4 Å². The molecule has 0 saturated carbocycles. The van der Waals surface area contributed by atoms with Gasteiger partial charge in [0, 0.05) is 24.2 Å². The lowest BCUT2D eigenvalue weighted by molar-refractivity contribution is -0.118. The van der Waals surface area contributed by atoms with Crippen LogP contribution >= 0.6 is 0 Å². The van der Waals surface area contributed by atoms with E-state index in [9.17, 15) is 9.59 Å². The third-order valence-electron chi connectivity index (χ3n) is 5.56. The maximum atomic E-state index is 12.7. The van der Waals surface area contributed by atoms with E-state index < -0.39 is 0 Å². The van der Waals surface area contributed by atoms with Crippen LogP contribution in [0.1, 0.15) is 35.2 Å². The molecule has 1 fully saturated rings. The van der Waals surface area contributed by atoms with Crippen molar-refractivity contribution < 1.29 is 19.1 Å². The molecule has 2 aliphatic heterocycles. The predicted molar refractivity (Wildman–Crippen MR) is 111 cm³/mol. The number of fused-ring (bicyclic) bond motifs is 3. The molecule has 1 saturated heterocycles. The van der Waals surface area contributed by atoms with Crippen molar-refractivity contribution in [3.05, 3.63) is 47.5 Å². The van der Waals surface area contributed by atoms with Gasteiger partial charge in [0.1, 0.15) is 17.5 Å². The molecule has 29 heavy (non-hydrogen) atoms. The van der Waals surface area contributed by atoms with E-state index >= 15 is 0 Å². The van der Waals surface area contributed by atoms with Gasteiger partial charge in [-0.1, -0.05) is 0 Å². The van der Waals surface area contributed by atoms with Crippen LogP contribution in [0.15, 0.2) is 36.4 Å². The van der Waals surface area contributed by atoms with Gasteiger partial charge < -0.3 is 25.0 Å². The Morgan fingerprint density at radius 2 is 2.03 bits per heavy atom. The summed E-state index contributed by atoms with van der Waals surface area (Å²) in [5.41, 5.74) is 3.00. The van der Waals surface area contributed by atoms with Gasteiger partial charge in [0.15, 0.2) is 0 Å². The standard InChI is InChI=1S/C22H25N3O4/c1-28-16-7-9-20(29-2)15(11-16)13-23-21(26)14-6-8-18-17(12-14)24-22(27)19-5-3-4-10-25(18)19/h6-9,11-12,19H,3-5,10,13H2,1-2H3,(H,23,26)(H,24,27). The zero-order valence-electron chi connectivity index (χ0n) is 16.7. The van der Waals surface area contributed by atoms with E-state index in [1.807, 2.05) is 24.3 Å². The SMILES string of the molecule is COc1ccc(OC)c(CNC(=O)c2ccc3c(c2)NC(=O)C2CCCCN32)c1. The first-order valence-corrected chi connectivity index (χ1v) is 9.81. The Morgan fingerprint density at radius 1 is 1.17 bits per heavy atom. The van der Waals surface area contributed by atoms with E-state index in [1.165, 1.54) is 0 Å². The third kappa shape index (κ3) is 3.72. The highest BCUT2D eigenvalue weighted by molar-refractivity contribution is 6.05. The van der Waals surface area contributed by atoms with Gasteiger partial charge in [-0.3, -0.25) is 9.59 Å². The molecule has 2 amide bonds. The van der Waals surface area contributed by atoms with E-state index in [0.29, 0.717) is 29.3 Å². The number of amides is 2. The summed E-state index contributed by atoms with van der Waals surface area (Å²) in [6.45, 7) is 1.17. The lowest BCUT2D eigenvalue weighted by atomic mass is 9.97. The normalized spacial score (nSPS) is 17.7. The van der Waals surface area contributed by atoms with Crippen LogP contribution in [0.5, 0.6) is 11.5 Å². The summed E-state index contributed by atoms with van der Waals surface area (Å²) in [7, 11) is 3.19. The second-order valence-corrected chi connectivity index (χ2v) is 7.29. The number of nitrogens with one attached hydrogen (secondary N) is 2. The van der Waals surface area contributed by atoms with Gasteiger partial charge in [-0.05, 0) is 55.7 Å². The van der Waals surface area contributed by atoms with Crippen LogP contribution in [-0.4, -0.2) is 38.6 Å². The minimum absolute atomic E-state index is 0.0101. The van der Waals surface area contributed by atoms with Gasteiger partial charge in [-0.25, -0.2) is 0 Å². The molecule has 1 atom stereocenters. The first-order valence-electron chi connectivity index (χ1n) is 9.81. The Balaban J connectivity index is 1.51. The molecule has 0 aromatic heterocycles. The van der Waals surface area contributed by atoms with Gasteiger partial charge in [0.2, 0.25) is 5.91 Å². The summed E-state index contributed by atoms with van der Waals surface area (Å²) >= 11 is 0. The number of carbonyl (C=O) groups excluding carboxylic acids is 2. The lowest BCUT2D eigenvalue weighted by Crippen LogP contribution is -2.50. The number of ether oxygens (including phenoxy) is 2. The molecule has 4 rings (SSSR count). The largest absolute Gasteiger partial charge is 0.497 e. The van der Waals surface area contributed by atoms with Crippen LogP contribution in [0.3, 0.4) is 0 Å². The van der Waals surface area contributed by atoms with Gasteiger partial charge in [-0.15, -0.1) is 0 Å². The van der Waals surface area contributed by atoms with E-state index in [0.717, 1.165) is 37.1 Å². The van der Waals surface area contributed by atoms with Gasteiger partial charge in [0.25, 0.3) is 5.91 Å². The monoisotopic (exact) mass is 395 g/mol. The Hall–Kier alpha value is -3.22. The first-order chi connectivity index (χ1) is 14.1. The van der Waals surface area contributed by atoms with Crippen molar-refractivity contribution in [1.82, 2.24) is 5.32 Å². The molecule has 2 N–H and O–H groups in total. The smallest absolute Gasteiger partial charge is 0.251 e. The number of nitrogens with zero attached hydrogens (tertiary/aromatic N) is 1. The number of hydrogen-bond donors (Lipinski definition) is 2. The average Bonchev–Trinajstić information content (AvgIpc) is 2.77. The van der Waals surface area contributed by atoms with Crippen molar-refractivity contribution in [3.8, 4) is 11.5 Å². The van der Waals surface area contributed by atoms with Crippen LogP contribution in [0.25, 0.3) is 0 Å². The molecule has 0 radical (unpaired) electrons. The number of benzene rings is 2. The summed E-state index contributed by atoms with van der Waals surface area (Å²) in [5.74, 6) is 1.17. The Labute approximate surface area is 170 Å². The molecule has 7 nitrogen and oxygen atoms in total. The van der Waals surface area contributed by atoms with Crippen molar-refractivity contribution in [3.63, 3.8) is 0 Å². The van der Waals surface area contributed by atoms with Crippen LogP contribution in [-0.2, 0) is 11.3 Å². The third-order valence-corrected chi connectivity index (χ3v) is 5.56. The highest BCUT2D eigenvalue weighted by Gasteiger charge is 2.34. The van der Waals surface area contributed by atoms with Gasteiger partial charge in [0.05, 0.1) is 25.6 Å². The molecule has 2 aromatic carbocycles. The fraction of sp³-hybridized carbons (Fsp3) is 0.364. The van der Waals surface area contributed by atoms with Crippen molar-refractivity contribution in [2.24, 2.45) is 0 Å². The zero-order chi connectivity index (χ0) is 20.4. The first kappa shape index (κ1) is 19.1. The molecular weight excluding hydrogens is 370 g/mol. The molecule has 0 bridgehead atoms. The van der Waals surface area contributed by atoms with Crippen molar-refractivity contribution in [2.45, 2.75) is 31.8 Å². The summed E-state index contributed by atoms with van der Waals surface area (Å²) < 4.78 is 10.6.